The number of carbonyl (C=O) groups excluding carboxylic acids is 1. The zero-order valence-corrected chi connectivity index (χ0v) is 22.2. The highest BCUT2D eigenvalue weighted by molar-refractivity contribution is 6.07. The average Bonchev–Trinajstić information content (AvgIpc) is 3.39. The van der Waals surface area contributed by atoms with Crippen LogP contribution in [-0.2, 0) is 6.54 Å². The van der Waals surface area contributed by atoms with E-state index in [-0.39, 0.29) is 29.9 Å². The summed E-state index contributed by atoms with van der Waals surface area (Å²) in [6.45, 7) is 2.13. The van der Waals surface area contributed by atoms with Gasteiger partial charge in [-0.3, -0.25) is 9.48 Å². The summed E-state index contributed by atoms with van der Waals surface area (Å²) >= 11 is 0. The van der Waals surface area contributed by atoms with Crippen molar-refractivity contribution in [1.82, 2.24) is 15.1 Å². The van der Waals surface area contributed by atoms with Crippen LogP contribution in [0, 0.1) is 5.82 Å². The molecule has 202 valence electrons. The summed E-state index contributed by atoms with van der Waals surface area (Å²) in [4.78, 5) is 25.1. The lowest BCUT2D eigenvalue weighted by molar-refractivity contribution is 0.0696. The van der Waals surface area contributed by atoms with Gasteiger partial charge in [0, 0.05) is 10.8 Å². The summed E-state index contributed by atoms with van der Waals surface area (Å²) in [7, 11) is 0. The molecule has 2 N–H and O–H groups in total. The molecule has 0 radical (unpaired) electrons. The topological polar surface area (TPSA) is 84.2 Å². The van der Waals surface area contributed by atoms with Crippen molar-refractivity contribution in [3.05, 3.63) is 137 Å². The summed E-state index contributed by atoms with van der Waals surface area (Å²) in [6, 6.07) is 30.5. The predicted molar refractivity (Wildman–Crippen MR) is 157 cm³/mol. The Morgan fingerprint density at radius 3 is 2.37 bits per heavy atom. The second-order valence-electron chi connectivity index (χ2n) is 10.1. The molecule has 0 fully saturated rings. The molecule has 6 rings (SSSR count). The van der Waals surface area contributed by atoms with E-state index in [1.165, 1.54) is 18.2 Å². The molecule has 0 bridgehead atoms. The second-order valence-corrected chi connectivity index (χ2v) is 10.1. The molecule has 0 aliphatic heterocycles. The van der Waals surface area contributed by atoms with Crippen molar-refractivity contribution in [2.75, 3.05) is 0 Å². The van der Waals surface area contributed by atoms with Crippen molar-refractivity contribution in [3.63, 3.8) is 0 Å². The maximum atomic E-state index is 14.9. The smallest absolute Gasteiger partial charge is 0.335 e. The van der Waals surface area contributed by atoms with Crippen LogP contribution >= 0.6 is 0 Å². The molecule has 0 unspecified atom stereocenters. The third kappa shape index (κ3) is 5.17. The van der Waals surface area contributed by atoms with Gasteiger partial charge in [0.1, 0.15) is 5.82 Å². The van der Waals surface area contributed by atoms with Gasteiger partial charge < -0.3 is 10.4 Å². The van der Waals surface area contributed by atoms with Crippen LogP contribution in [0.1, 0.15) is 44.8 Å². The predicted octanol–water partition coefficient (Wildman–Crippen LogP) is 7.23. The van der Waals surface area contributed by atoms with E-state index in [1.807, 2.05) is 73.7 Å². The number of fused-ring (bicyclic) bond motifs is 2. The van der Waals surface area contributed by atoms with E-state index >= 15 is 0 Å². The van der Waals surface area contributed by atoms with Crippen molar-refractivity contribution in [3.8, 4) is 11.1 Å². The van der Waals surface area contributed by atoms with Gasteiger partial charge in [0.05, 0.1) is 35.4 Å². The van der Waals surface area contributed by atoms with E-state index in [0.29, 0.717) is 16.5 Å². The van der Waals surface area contributed by atoms with Crippen LogP contribution in [0.3, 0.4) is 0 Å². The fourth-order valence-electron chi connectivity index (χ4n) is 5.18. The lowest BCUT2D eigenvalue weighted by Gasteiger charge is -2.17. The highest BCUT2D eigenvalue weighted by Gasteiger charge is 2.20. The van der Waals surface area contributed by atoms with Gasteiger partial charge in [-0.25, -0.2) is 9.18 Å². The molecule has 1 amide bonds. The number of rotatable bonds is 7. The molecule has 0 aliphatic carbocycles. The van der Waals surface area contributed by atoms with Crippen molar-refractivity contribution >= 4 is 33.6 Å². The molecule has 0 saturated heterocycles. The van der Waals surface area contributed by atoms with E-state index in [9.17, 15) is 19.1 Å². The van der Waals surface area contributed by atoms with E-state index in [4.69, 9.17) is 0 Å². The number of hydrogen-bond acceptors (Lipinski definition) is 3. The van der Waals surface area contributed by atoms with Crippen LogP contribution in [0.4, 0.5) is 4.39 Å². The number of halogens is 1. The molecule has 5 aromatic carbocycles. The Bertz CT molecular complexity index is 1910. The van der Waals surface area contributed by atoms with Gasteiger partial charge in [0.2, 0.25) is 0 Å². The van der Waals surface area contributed by atoms with Crippen LogP contribution in [0.5, 0.6) is 0 Å². The first-order valence-electron chi connectivity index (χ1n) is 13.2. The van der Waals surface area contributed by atoms with Gasteiger partial charge >= 0.3 is 5.97 Å². The monoisotopic (exact) mass is 543 g/mol. The normalized spacial score (nSPS) is 12.0. The van der Waals surface area contributed by atoms with Crippen molar-refractivity contribution < 1.29 is 19.1 Å². The van der Waals surface area contributed by atoms with Gasteiger partial charge in [0.15, 0.2) is 0 Å². The first kappa shape index (κ1) is 26.0. The minimum Gasteiger partial charge on any atom is -0.478 e. The average molecular weight is 544 g/mol. The molecule has 1 heterocycles. The Kier molecular flexibility index (Phi) is 6.77. The molecule has 0 spiro atoms. The number of carboxylic acid groups (broad SMARTS) is 1. The molecule has 1 atom stereocenters. The standard InChI is InChI=1S/C34H26FN3O3/c1-21(23-11-13-25(14-12-23)34(40)41)37-33(39)30-18-27(24-7-3-2-4-8-24)17-28-19-36-38(32(28)30)20-22-15-26-9-5-6-10-29(26)31(35)16-22/h2-19,21H,20H2,1H3,(H,37,39)(H,40,41)/t21-/m0/s1. The number of amides is 1. The zero-order valence-electron chi connectivity index (χ0n) is 22.2. The van der Waals surface area contributed by atoms with Gasteiger partial charge in [-0.1, -0.05) is 66.7 Å². The number of aromatic nitrogens is 2. The Labute approximate surface area is 235 Å². The summed E-state index contributed by atoms with van der Waals surface area (Å²) in [6.07, 6.45) is 1.73. The first-order chi connectivity index (χ1) is 19.9. The molecule has 0 aliphatic rings. The Morgan fingerprint density at radius 2 is 1.61 bits per heavy atom. The number of nitrogens with one attached hydrogen (secondary N) is 1. The van der Waals surface area contributed by atoms with Crippen LogP contribution in [0.25, 0.3) is 32.8 Å². The number of hydrogen-bond donors (Lipinski definition) is 2. The number of benzene rings is 5. The third-order valence-corrected chi connectivity index (χ3v) is 7.29. The summed E-state index contributed by atoms with van der Waals surface area (Å²) in [5, 5.41) is 19.0. The zero-order chi connectivity index (χ0) is 28.5. The number of carboxylic acids is 1. The molecular formula is C34H26FN3O3. The minimum absolute atomic E-state index is 0.179. The van der Waals surface area contributed by atoms with Gasteiger partial charge in [-0.2, -0.15) is 5.10 Å². The fourth-order valence-corrected chi connectivity index (χ4v) is 5.18. The van der Waals surface area contributed by atoms with Crippen molar-refractivity contribution in [2.45, 2.75) is 19.5 Å². The Balaban J connectivity index is 1.40. The maximum absolute atomic E-state index is 14.9. The summed E-state index contributed by atoms with van der Waals surface area (Å²) in [5.41, 5.74) is 4.61. The Hall–Kier alpha value is -5.30. The molecule has 41 heavy (non-hydrogen) atoms. The van der Waals surface area contributed by atoms with Gasteiger partial charge in [-0.05, 0) is 71.0 Å². The van der Waals surface area contributed by atoms with Crippen LogP contribution < -0.4 is 5.32 Å². The van der Waals surface area contributed by atoms with Crippen molar-refractivity contribution in [2.24, 2.45) is 0 Å². The highest BCUT2D eigenvalue weighted by atomic mass is 19.1. The second kappa shape index (κ2) is 10.7. The first-order valence-corrected chi connectivity index (χ1v) is 13.2. The highest BCUT2D eigenvalue weighted by Crippen LogP contribution is 2.30. The Morgan fingerprint density at radius 1 is 0.878 bits per heavy atom. The van der Waals surface area contributed by atoms with Gasteiger partial charge in [0.25, 0.3) is 5.91 Å². The molecule has 6 aromatic rings. The molecular weight excluding hydrogens is 517 g/mol. The lowest BCUT2D eigenvalue weighted by Crippen LogP contribution is -2.27. The van der Waals surface area contributed by atoms with E-state index in [1.54, 1.807) is 29.1 Å². The largest absolute Gasteiger partial charge is 0.478 e. The molecule has 0 saturated carbocycles. The number of nitrogens with zero attached hydrogens (tertiary/aromatic N) is 2. The molecule has 1 aromatic heterocycles. The minimum atomic E-state index is -1.01. The lowest BCUT2D eigenvalue weighted by atomic mass is 9.99. The SMILES string of the molecule is C[C@H](NC(=O)c1cc(-c2ccccc2)cc2cnn(Cc3cc(F)c4ccccc4c3)c12)c1ccc(C(=O)O)cc1. The van der Waals surface area contributed by atoms with Crippen LogP contribution in [0.2, 0.25) is 0 Å². The number of carbonyl (C=O) groups is 2. The van der Waals surface area contributed by atoms with Crippen molar-refractivity contribution in [1.29, 1.82) is 0 Å². The summed E-state index contributed by atoms with van der Waals surface area (Å²) < 4.78 is 16.6. The van der Waals surface area contributed by atoms with E-state index in [2.05, 4.69) is 10.4 Å². The van der Waals surface area contributed by atoms with Gasteiger partial charge in [-0.15, -0.1) is 0 Å². The molecule has 6 nitrogen and oxygen atoms in total. The van der Waals surface area contributed by atoms with E-state index in [0.717, 1.165) is 33.0 Å². The third-order valence-electron chi connectivity index (χ3n) is 7.29. The molecule has 7 heteroatoms. The fraction of sp³-hybridized carbons (Fsp3) is 0.0882. The van der Waals surface area contributed by atoms with Crippen LogP contribution in [0.15, 0.2) is 109 Å². The van der Waals surface area contributed by atoms with Crippen LogP contribution in [-0.4, -0.2) is 26.8 Å². The van der Waals surface area contributed by atoms with E-state index < -0.39 is 5.97 Å². The quantitative estimate of drug-likeness (QED) is 0.222. The maximum Gasteiger partial charge on any atom is 0.335 e. The summed E-state index contributed by atoms with van der Waals surface area (Å²) in [5.74, 6) is -1.61. The number of aromatic carboxylic acids is 1.